The average Bonchev–Trinajstić information content (AvgIpc) is 3.69. The van der Waals surface area contributed by atoms with Crippen molar-refractivity contribution in [2.75, 3.05) is 51.0 Å². The summed E-state index contributed by atoms with van der Waals surface area (Å²) in [5.41, 5.74) is 6.39. The van der Waals surface area contributed by atoms with Gasteiger partial charge >= 0.3 is 24.1 Å². The van der Waals surface area contributed by atoms with Crippen molar-refractivity contribution in [3.63, 3.8) is 0 Å². The van der Waals surface area contributed by atoms with Crippen molar-refractivity contribution in [1.29, 1.82) is 0 Å². The first-order valence-corrected chi connectivity index (χ1v) is 25.0. The van der Waals surface area contributed by atoms with E-state index in [1.165, 1.54) is 0 Å². The second-order valence-corrected chi connectivity index (χ2v) is 18.7. The topological polar surface area (TPSA) is 148 Å². The van der Waals surface area contributed by atoms with Gasteiger partial charge in [-0.25, -0.2) is 19.2 Å². The highest BCUT2D eigenvalue weighted by molar-refractivity contribution is 7.99. The smallest absolute Gasteiger partial charge is 0.407 e. The van der Waals surface area contributed by atoms with Crippen LogP contribution < -0.4 is 20.1 Å². The number of carbonyl (C=O) groups excluding carboxylic acids is 4. The molecule has 1 aliphatic carbocycles. The molecule has 6 aromatic carbocycles. The molecule has 0 radical (unpaired) electrons. The third-order valence-electron chi connectivity index (χ3n) is 11.2. The molecular formula is C57H56N2O10S2. The Hall–Kier alpha value is -7.42. The second kappa shape index (κ2) is 25.4. The van der Waals surface area contributed by atoms with Gasteiger partial charge < -0.3 is 39.1 Å². The lowest BCUT2D eigenvalue weighted by Crippen LogP contribution is -2.35. The molecule has 0 aromatic heterocycles. The fourth-order valence-corrected chi connectivity index (χ4v) is 9.66. The Morgan fingerprint density at radius 2 is 0.873 bits per heavy atom. The first-order chi connectivity index (χ1) is 34.5. The Kier molecular flexibility index (Phi) is 18.4. The van der Waals surface area contributed by atoms with E-state index in [9.17, 15) is 19.2 Å². The number of alkyl carbamates (subject to hydrolysis) is 2. The second-order valence-electron chi connectivity index (χ2n) is 16.5. The molecule has 366 valence electrons. The molecule has 2 unspecified atom stereocenters. The molecule has 0 aliphatic heterocycles. The molecule has 71 heavy (non-hydrogen) atoms. The molecule has 0 saturated heterocycles. The number of nitrogens with one attached hydrogen (secondary N) is 2. The van der Waals surface area contributed by atoms with E-state index in [0.29, 0.717) is 23.0 Å². The van der Waals surface area contributed by atoms with E-state index in [1.807, 2.05) is 84.9 Å². The lowest BCUT2D eigenvalue weighted by molar-refractivity contribution is -0.139. The van der Waals surface area contributed by atoms with Crippen LogP contribution in [0.15, 0.2) is 192 Å². The zero-order valence-corrected chi connectivity index (χ0v) is 41.3. The van der Waals surface area contributed by atoms with Gasteiger partial charge in [-0.1, -0.05) is 122 Å². The number of benzene rings is 6. The highest BCUT2D eigenvalue weighted by Gasteiger charge is 2.46. The summed E-state index contributed by atoms with van der Waals surface area (Å²) in [6.45, 7) is 10.5. The molecule has 7 rings (SSSR count). The van der Waals surface area contributed by atoms with Crippen LogP contribution >= 0.6 is 23.5 Å². The fourth-order valence-electron chi connectivity index (χ4n) is 7.87. The minimum atomic E-state index is -0.715. The van der Waals surface area contributed by atoms with E-state index in [4.69, 9.17) is 28.4 Å². The molecule has 2 N–H and O–H groups in total. The van der Waals surface area contributed by atoms with Crippen LogP contribution in [0, 0.1) is 0 Å². The van der Waals surface area contributed by atoms with E-state index in [1.54, 1.807) is 37.4 Å². The van der Waals surface area contributed by atoms with Crippen molar-refractivity contribution in [3.8, 4) is 22.6 Å². The summed E-state index contributed by atoms with van der Waals surface area (Å²) in [5.74, 6) is 1.00. The quantitative estimate of drug-likeness (QED) is 0.0195. The Morgan fingerprint density at radius 1 is 0.507 bits per heavy atom. The van der Waals surface area contributed by atoms with Crippen molar-refractivity contribution in [2.45, 2.75) is 41.3 Å². The van der Waals surface area contributed by atoms with E-state index in [0.717, 1.165) is 43.2 Å². The average molecular weight is 993 g/mol. The lowest BCUT2D eigenvalue weighted by Gasteiger charge is -2.34. The summed E-state index contributed by atoms with van der Waals surface area (Å²) in [4.78, 5) is 51.4. The normalized spacial score (nSPS) is 12.7. The van der Waals surface area contributed by atoms with Gasteiger partial charge in [0.2, 0.25) is 0 Å². The van der Waals surface area contributed by atoms with Crippen molar-refractivity contribution in [3.05, 3.63) is 204 Å². The summed E-state index contributed by atoms with van der Waals surface area (Å²) < 4.78 is 34.5. The number of carbonyl (C=O) groups is 4. The number of thioether (sulfide) groups is 2. The predicted molar refractivity (Wildman–Crippen MR) is 277 cm³/mol. The van der Waals surface area contributed by atoms with E-state index in [2.05, 4.69) is 96.6 Å². The van der Waals surface area contributed by atoms with Crippen molar-refractivity contribution < 1.29 is 47.6 Å². The standard InChI is InChI=1S/C57H56N2O10S2/c1-39(2)53(60)64-33-31-58-55(62)68-45(37-70-47-15-7-5-8-16-47)35-66-43-27-23-41(24-28-43)57(51-21-13-11-19-49(51)50-20-12-14-22-52(50)57)42-25-29-44(30-26-42)67-36-46(38-71-48-17-9-6-10-18-48)69-56(63)59-32-34-65-54(61)40(3)4/h5-30,45-46H,1,3,31-38H2,2,4H3,(H,58,62)(H,59,63). The fraction of sp³-hybridized carbons (Fsp3) is 0.228. The third-order valence-corrected chi connectivity index (χ3v) is 13.5. The van der Waals surface area contributed by atoms with E-state index >= 15 is 0 Å². The van der Waals surface area contributed by atoms with Crippen molar-refractivity contribution in [1.82, 2.24) is 10.6 Å². The zero-order valence-electron chi connectivity index (χ0n) is 39.6. The van der Waals surface area contributed by atoms with Gasteiger partial charge in [-0.3, -0.25) is 0 Å². The van der Waals surface area contributed by atoms with Crippen molar-refractivity contribution in [2.24, 2.45) is 0 Å². The van der Waals surface area contributed by atoms with Crippen molar-refractivity contribution >= 4 is 47.6 Å². The molecule has 6 aromatic rings. The monoisotopic (exact) mass is 992 g/mol. The van der Waals surface area contributed by atoms with E-state index in [-0.39, 0.29) is 50.7 Å². The Labute approximate surface area is 423 Å². The number of amides is 2. The summed E-state index contributed by atoms with van der Waals surface area (Å²) in [5, 5.41) is 5.30. The van der Waals surface area contributed by atoms with Gasteiger partial charge in [-0.2, -0.15) is 0 Å². The number of fused-ring (bicyclic) bond motifs is 3. The predicted octanol–water partition coefficient (Wildman–Crippen LogP) is 10.8. The lowest BCUT2D eigenvalue weighted by atomic mass is 9.68. The maximum absolute atomic E-state index is 12.9. The maximum Gasteiger partial charge on any atom is 0.407 e. The number of esters is 2. The van der Waals surface area contributed by atoms with Gasteiger partial charge in [-0.05, 0) is 95.8 Å². The highest BCUT2D eigenvalue weighted by Crippen LogP contribution is 2.56. The molecule has 14 heteroatoms. The molecule has 0 fully saturated rings. The largest absolute Gasteiger partial charge is 0.490 e. The van der Waals surface area contributed by atoms with Gasteiger partial charge in [0, 0.05) is 32.4 Å². The molecule has 2 amide bonds. The SMILES string of the molecule is C=C(C)C(=O)OCCNC(=O)OC(COc1ccc(C2(c3ccc(OCC(CSc4ccccc4)OC(=O)NCCOC(=O)C(=C)C)cc3)c3ccccc3-c3ccccc32)cc1)CSc1ccccc1. The van der Waals surface area contributed by atoms with Crippen LogP contribution in [0.3, 0.4) is 0 Å². The van der Waals surface area contributed by atoms with Crippen LogP contribution in [0.4, 0.5) is 9.59 Å². The third kappa shape index (κ3) is 13.9. The Bertz CT molecular complexity index is 2580. The number of hydrogen-bond acceptors (Lipinski definition) is 12. The number of rotatable bonds is 24. The van der Waals surface area contributed by atoms with Crippen LogP contribution in [-0.2, 0) is 34.0 Å². The summed E-state index contributed by atoms with van der Waals surface area (Å²) in [7, 11) is 0. The van der Waals surface area contributed by atoms with Crippen LogP contribution in [0.5, 0.6) is 11.5 Å². The molecule has 0 saturated carbocycles. The molecule has 0 bridgehead atoms. The molecule has 12 nitrogen and oxygen atoms in total. The van der Waals surface area contributed by atoms with Gasteiger partial charge in [-0.15, -0.1) is 23.5 Å². The first kappa shape index (κ1) is 51.4. The number of ether oxygens (including phenoxy) is 6. The first-order valence-electron chi connectivity index (χ1n) is 23.1. The highest BCUT2D eigenvalue weighted by atomic mass is 32.2. The van der Waals surface area contributed by atoms with Gasteiger partial charge in [0.15, 0.2) is 0 Å². The van der Waals surface area contributed by atoms with Crippen LogP contribution in [0.1, 0.15) is 36.1 Å². The minimum Gasteiger partial charge on any atom is -0.490 e. The van der Waals surface area contributed by atoms with Crippen LogP contribution in [0.25, 0.3) is 11.1 Å². The summed E-state index contributed by atoms with van der Waals surface area (Å²) in [6, 6.07) is 52.6. The van der Waals surface area contributed by atoms with Gasteiger partial charge in [0.05, 0.1) is 18.5 Å². The molecule has 0 spiro atoms. The molecule has 1 aliphatic rings. The van der Waals surface area contributed by atoms with E-state index < -0.39 is 41.7 Å². The van der Waals surface area contributed by atoms with Crippen LogP contribution in [0.2, 0.25) is 0 Å². The molecular weight excluding hydrogens is 937 g/mol. The zero-order chi connectivity index (χ0) is 50.0. The van der Waals surface area contributed by atoms with Gasteiger partial charge in [0.1, 0.15) is 50.1 Å². The molecule has 0 heterocycles. The van der Waals surface area contributed by atoms with Crippen LogP contribution in [-0.4, -0.2) is 87.4 Å². The minimum absolute atomic E-state index is 0.0193. The number of hydrogen-bond donors (Lipinski definition) is 2. The maximum atomic E-state index is 12.9. The van der Waals surface area contributed by atoms with Gasteiger partial charge in [0.25, 0.3) is 0 Å². The molecule has 2 atom stereocenters. The summed E-state index contributed by atoms with van der Waals surface area (Å²) >= 11 is 3.09. The Morgan fingerprint density at radius 3 is 1.25 bits per heavy atom. The Balaban J connectivity index is 1.08. The summed E-state index contributed by atoms with van der Waals surface area (Å²) in [6.07, 6.45) is -2.54.